The molecule has 0 spiro atoms. The van der Waals surface area contributed by atoms with Gasteiger partial charge in [-0.3, -0.25) is 4.98 Å². The summed E-state index contributed by atoms with van der Waals surface area (Å²) in [7, 11) is 0. The van der Waals surface area contributed by atoms with Gasteiger partial charge in [0.25, 0.3) is 0 Å². The zero-order valence-electron chi connectivity index (χ0n) is 8.76. The first-order chi connectivity index (χ1) is 6.77. The molecule has 0 radical (unpaired) electrons. The van der Waals surface area contributed by atoms with Crippen LogP contribution in [0.1, 0.15) is 38.8 Å². The monoisotopic (exact) mass is 193 g/mol. The van der Waals surface area contributed by atoms with Crippen molar-refractivity contribution < 1.29 is 4.39 Å². The van der Waals surface area contributed by atoms with Crippen LogP contribution in [-0.2, 0) is 0 Å². The Hall–Kier alpha value is -1.18. The highest BCUT2D eigenvalue weighted by molar-refractivity contribution is 5.62. The molecule has 1 aromatic heterocycles. The lowest BCUT2D eigenvalue weighted by molar-refractivity contribution is 0.624. The van der Waals surface area contributed by atoms with Crippen molar-refractivity contribution in [3.05, 3.63) is 35.9 Å². The normalized spacial score (nSPS) is 11.8. The van der Waals surface area contributed by atoms with E-state index in [1.165, 1.54) is 18.3 Å². The molecule has 1 nitrogen and oxygen atoms in total. The van der Waals surface area contributed by atoms with Crippen LogP contribution in [0.3, 0.4) is 0 Å². The lowest BCUT2D eigenvalue weighted by atomic mass is 10.1. The van der Waals surface area contributed by atoms with Crippen LogP contribution in [0.4, 0.5) is 4.39 Å². The van der Waals surface area contributed by atoms with Gasteiger partial charge in [-0.15, -0.1) is 0 Å². The molecule has 1 heterocycles. The maximum Gasteiger partial charge on any atom is 0.126 e. The maximum absolute atomic E-state index is 12.9. The van der Waals surface area contributed by atoms with Crippen molar-refractivity contribution in [1.29, 1.82) is 0 Å². The highest BCUT2D eigenvalue weighted by Gasteiger charge is 2.02. The lowest BCUT2D eigenvalue weighted by Gasteiger charge is -2.04. The fourth-order valence-electron chi connectivity index (χ4n) is 1.43. The number of hydrogen-bond acceptors (Lipinski definition) is 1. The summed E-state index contributed by atoms with van der Waals surface area (Å²) in [5.74, 6) is -0.215. The van der Waals surface area contributed by atoms with Crippen LogP contribution in [0.5, 0.6) is 0 Å². The van der Waals surface area contributed by atoms with Crippen molar-refractivity contribution in [2.24, 2.45) is 0 Å². The number of aromatic nitrogens is 1. The minimum absolute atomic E-state index is 0.215. The number of halogens is 1. The van der Waals surface area contributed by atoms with Gasteiger partial charge in [0, 0.05) is 6.20 Å². The molecule has 1 rings (SSSR count). The quantitative estimate of drug-likeness (QED) is 0.708. The van der Waals surface area contributed by atoms with Crippen LogP contribution in [0.2, 0.25) is 0 Å². The van der Waals surface area contributed by atoms with Crippen molar-refractivity contribution in [2.75, 3.05) is 0 Å². The third kappa shape index (κ3) is 2.95. The van der Waals surface area contributed by atoms with E-state index >= 15 is 0 Å². The molecule has 2 heteroatoms. The van der Waals surface area contributed by atoms with E-state index in [0.717, 1.165) is 30.5 Å². The molecular formula is C12H16FN. The first kappa shape index (κ1) is 10.9. The largest absolute Gasteiger partial charge is 0.256 e. The molecule has 76 valence electrons. The molecule has 0 aliphatic rings. The van der Waals surface area contributed by atoms with Gasteiger partial charge in [-0.2, -0.15) is 0 Å². The van der Waals surface area contributed by atoms with E-state index in [1.807, 2.05) is 0 Å². The summed E-state index contributed by atoms with van der Waals surface area (Å²) in [4.78, 5) is 4.17. The van der Waals surface area contributed by atoms with Crippen LogP contribution >= 0.6 is 0 Å². The minimum atomic E-state index is -0.215. The number of nitrogens with zero attached hydrogens (tertiary/aromatic N) is 1. The smallest absolute Gasteiger partial charge is 0.126 e. The van der Waals surface area contributed by atoms with Gasteiger partial charge in [0.2, 0.25) is 0 Å². The topological polar surface area (TPSA) is 12.9 Å². The second-order valence-electron chi connectivity index (χ2n) is 3.25. The summed E-state index contributed by atoms with van der Waals surface area (Å²) in [6.45, 7) is 4.19. The first-order valence-corrected chi connectivity index (χ1v) is 5.08. The van der Waals surface area contributed by atoms with Crippen molar-refractivity contribution >= 4 is 5.57 Å². The molecule has 0 aromatic carbocycles. The van der Waals surface area contributed by atoms with Crippen LogP contribution in [0, 0.1) is 5.82 Å². The van der Waals surface area contributed by atoms with Gasteiger partial charge in [0.15, 0.2) is 0 Å². The lowest BCUT2D eigenvalue weighted by Crippen LogP contribution is -1.90. The summed E-state index contributed by atoms with van der Waals surface area (Å²) in [5.41, 5.74) is 1.92. The summed E-state index contributed by atoms with van der Waals surface area (Å²) in [6, 6.07) is 2.87. The van der Waals surface area contributed by atoms with Gasteiger partial charge in [-0.25, -0.2) is 4.39 Å². The standard InChI is InChI=1S/C12H16FN/c1-3-5-10(6-4-2)12-9-11(13)7-8-14-12/h5,7-9H,3-4,6H2,1-2H3/b10-5+. The Labute approximate surface area is 84.7 Å². The third-order valence-electron chi connectivity index (χ3n) is 2.02. The number of allylic oxidation sites excluding steroid dienone is 2. The Balaban J connectivity index is 2.93. The molecule has 0 amide bonds. The Kier molecular flexibility index (Phi) is 4.30. The molecular weight excluding hydrogens is 177 g/mol. The first-order valence-electron chi connectivity index (χ1n) is 5.08. The van der Waals surface area contributed by atoms with Gasteiger partial charge >= 0.3 is 0 Å². The minimum Gasteiger partial charge on any atom is -0.256 e. The fourth-order valence-corrected chi connectivity index (χ4v) is 1.43. The third-order valence-corrected chi connectivity index (χ3v) is 2.02. The van der Waals surface area contributed by atoms with Crippen LogP contribution < -0.4 is 0 Å². The molecule has 0 aliphatic heterocycles. The van der Waals surface area contributed by atoms with E-state index in [-0.39, 0.29) is 5.82 Å². The van der Waals surface area contributed by atoms with Gasteiger partial charge in [0.05, 0.1) is 5.69 Å². The number of hydrogen-bond donors (Lipinski definition) is 0. The van der Waals surface area contributed by atoms with Crippen LogP contribution in [-0.4, -0.2) is 4.98 Å². The number of rotatable bonds is 4. The highest BCUT2D eigenvalue weighted by Crippen LogP contribution is 2.18. The Bertz CT molecular complexity index is 318. The van der Waals surface area contributed by atoms with Gasteiger partial charge in [-0.05, 0) is 30.5 Å². The fraction of sp³-hybridized carbons (Fsp3) is 0.417. The van der Waals surface area contributed by atoms with Gasteiger partial charge in [-0.1, -0.05) is 26.3 Å². The molecule has 14 heavy (non-hydrogen) atoms. The Morgan fingerprint density at radius 3 is 2.86 bits per heavy atom. The predicted octanol–water partition coefficient (Wildman–Crippen LogP) is 3.81. The van der Waals surface area contributed by atoms with Crippen molar-refractivity contribution in [3.63, 3.8) is 0 Å². The summed E-state index contributed by atoms with van der Waals surface area (Å²) >= 11 is 0. The van der Waals surface area contributed by atoms with Crippen molar-refractivity contribution in [1.82, 2.24) is 4.98 Å². The second kappa shape index (κ2) is 5.53. The maximum atomic E-state index is 12.9. The zero-order valence-corrected chi connectivity index (χ0v) is 8.76. The average Bonchev–Trinajstić information content (AvgIpc) is 2.17. The molecule has 0 bridgehead atoms. The number of pyridine rings is 1. The van der Waals surface area contributed by atoms with E-state index in [2.05, 4.69) is 24.9 Å². The molecule has 0 N–H and O–H groups in total. The summed E-state index contributed by atoms with van der Waals surface area (Å²) in [6.07, 6.45) is 6.62. The second-order valence-corrected chi connectivity index (χ2v) is 3.25. The zero-order chi connectivity index (χ0) is 10.4. The van der Waals surface area contributed by atoms with Crippen LogP contribution in [0.15, 0.2) is 24.4 Å². The van der Waals surface area contributed by atoms with E-state index in [1.54, 1.807) is 0 Å². The summed E-state index contributed by atoms with van der Waals surface area (Å²) in [5, 5.41) is 0. The van der Waals surface area contributed by atoms with Crippen molar-refractivity contribution in [3.8, 4) is 0 Å². The van der Waals surface area contributed by atoms with E-state index in [0.29, 0.717) is 0 Å². The van der Waals surface area contributed by atoms with Crippen LogP contribution in [0.25, 0.3) is 5.57 Å². The molecule has 0 atom stereocenters. The van der Waals surface area contributed by atoms with E-state index < -0.39 is 0 Å². The molecule has 0 unspecified atom stereocenters. The molecule has 0 aliphatic carbocycles. The summed E-state index contributed by atoms with van der Waals surface area (Å²) < 4.78 is 12.9. The molecule has 0 saturated heterocycles. The Morgan fingerprint density at radius 2 is 2.29 bits per heavy atom. The molecule has 0 saturated carbocycles. The van der Waals surface area contributed by atoms with Gasteiger partial charge < -0.3 is 0 Å². The van der Waals surface area contributed by atoms with E-state index in [4.69, 9.17) is 0 Å². The Morgan fingerprint density at radius 1 is 1.50 bits per heavy atom. The predicted molar refractivity (Wildman–Crippen MR) is 57.4 cm³/mol. The molecule has 1 aromatic rings. The molecule has 0 fully saturated rings. The van der Waals surface area contributed by atoms with Crippen molar-refractivity contribution in [2.45, 2.75) is 33.1 Å². The average molecular weight is 193 g/mol. The van der Waals surface area contributed by atoms with Gasteiger partial charge in [0.1, 0.15) is 5.82 Å². The highest BCUT2D eigenvalue weighted by atomic mass is 19.1. The SMILES string of the molecule is CC/C=C(\CCC)c1cc(F)ccn1. The van der Waals surface area contributed by atoms with E-state index in [9.17, 15) is 4.39 Å².